The fourth-order valence-electron chi connectivity index (χ4n) is 1.76. The first-order valence-corrected chi connectivity index (χ1v) is 8.06. The van der Waals surface area contributed by atoms with Gasteiger partial charge in [0.15, 0.2) is 5.16 Å². The Morgan fingerprint density at radius 1 is 1.24 bits per heavy atom. The predicted molar refractivity (Wildman–Crippen MR) is 91.3 cm³/mol. The second kappa shape index (κ2) is 7.36. The molecule has 1 aromatic heterocycles. The Labute approximate surface area is 150 Å². The standard InChI is InChI=1S/C14H13ClF3N5OS/c1-6(25-13-22-10(19)5-11(20)23-13)12(24)21-9-4-7(14(16,17)18)2-3-8(9)15/h2-6H,1H3,(H,21,24)(H4,19,20,22,23). The lowest BCUT2D eigenvalue weighted by Crippen LogP contribution is -2.23. The third kappa shape index (κ3) is 5.13. The van der Waals surface area contributed by atoms with Crippen molar-refractivity contribution in [2.75, 3.05) is 16.8 Å². The number of carbonyl (C=O) groups excluding carboxylic acids is 1. The Kier molecular flexibility index (Phi) is 5.63. The number of halogens is 4. The molecule has 0 aliphatic rings. The SMILES string of the molecule is CC(Sc1nc(N)cc(N)n1)C(=O)Nc1cc(C(F)(F)F)ccc1Cl. The van der Waals surface area contributed by atoms with E-state index in [0.717, 1.165) is 30.0 Å². The van der Waals surface area contributed by atoms with Crippen molar-refractivity contribution in [2.45, 2.75) is 23.5 Å². The molecule has 5 N–H and O–H groups in total. The van der Waals surface area contributed by atoms with Crippen molar-refractivity contribution in [1.82, 2.24) is 9.97 Å². The van der Waals surface area contributed by atoms with E-state index in [2.05, 4.69) is 15.3 Å². The van der Waals surface area contributed by atoms with Crippen LogP contribution in [0.4, 0.5) is 30.5 Å². The van der Waals surface area contributed by atoms with E-state index in [9.17, 15) is 18.0 Å². The highest BCUT2D eigenvalue weighted by atomic mass is 35.5. The molecule has 0 spiro atoms. The lowest BCUT2D eigenvalue weighted by atomic mass is 10.2. The number of amides is 1. The number of thioether (sulfide) groups is 1. The summed E-state index contributed by atoms with van der Waals surface area (Å²) < 4.78 is 38.3. The number of anilines is 3. The highest BCUT2D eigenvalue weighted by molar-refractivity contribution is 8.00. The fourth-order valence-corrected chi connectivity index (χ4v) is 2.72. The number of rotatable bonds is 4. The third-order valence-electron chi connectivity index (χ3n) is 2.95. The number of nitrogen functional groups attached to an aromatic ring is 2. The molecule has 0 saturated carbocycles. The van der Waals surface area contributed by atoms with Crippen LogP contribution in [0.15, 0.2) is 29.4 Å². The van der Waals surface area contributed by atoms with Gasteiger partial charge in [-0.25, -0.2) is 9.97 Å². The minimum atomic E-state index is -4.54. The van der Waals surface area contributed by atoms with Gasteiger partial charge in [-0.05, 0) is 25.1 Å². The van der Waals surface area contributed by atoms with Gasteiger partial charge in [0, 0.05) is 6.07 Å². The molecular formula is C14H13ClF3N5OS. The first kappa shape index (κ1) is 19.1. The number of nitrogens with two attached hydrogens (primary N) is 2. The molecule has 2 rings (SSSR count). The molecule has 0 radical (unpaired) electrons. The van der Waals surface area contributed by atoms with Crippen molar-refractivity contribution >= 4 is 46.6 Å². The van der Waals surface area contributed by atoms with Gasteiger partial charge in [0.05, 0.1) is 21.5 Å². The van der Waals surface area contributed by atoms with Gasteiger partial charge >= 0.3 is 6.18 Å². The molecule has 1 heterocycles. The van der Waals surface area contributed by atoms with Gasteiger partial charge in [0.2, 0.25) is 5.91 Å². The fraction of sp³-hybridized carbons (Fsp3) is 0.214. The van der Waals surface area contributed by atoms with Crippen LogP contribution < -0.4 is 16.8 Å². The molecule has 25 heavy (non-hydrogen) atoms. The number of carbonyl (C=O) groups is 1. The predicted octanol–water partition coefficient (Wildman–Crippen LogP) is 3.43. The first-order valence-electron chi connectivity index (χ1n) is 6.80. The summed E-state index contributed by atoms with van der Waals surface area (Å²) in [5.41, 5.74) is 10.0. The molecule has 0 fully saturated rings. The third-order valence-corrected chi connectivity index (χ3v) is 4.24. The number of hydrogen-bond acceptors (Lipinski definition) is 6. The Hall–Kier alpha value is -2.20. The van der Waals surface area contributed by atoms with Crippen LogP contribution in [0.5, 0.6) is 0 Å². The lowest BCUT2D eigenvalue weighted by Gasteiger charge is -2.14. The molecule has 134 valence electrons. The number of nitrogens with zero attached hydrogens (tertiary/aromatic N) is 2. The molecule has 1 unspecified atom stereocenters. The van der Waals surface area contributed by atoms with Crippen molar-refractivity contribution in [3.63, 3.8) is 0 Å². The van der Waals surface area contributed by atoms with Crippen molar-refractivity contribution < 1.29 is 18.0 Å². The van der Waals surface area contributed by atoms with Crippen molar-refractivity contribution in [3.8, 4) is 0 Å². The first-order chi connectivity index (χ1) is 11.6. The lowest BCUT2D eigenvalue weighted by molar-refractivity contribution is -0.137. The molecule has 6 nitrogen and oxygen atoms in total. The average Bonchev–Trinajstić information content (AvgIpc) is 2.47. The van der Waals surface area contributed by atoms with E-state index in [4.69, 9.17) is 23.1 Å². The van der Waals surface area contributed by atoms with Crippen LogP contribution in [-0.4, -0.2) is 21.1 Å². The summed E-state index contributed by atoms with van der Waals surface area (Å²) >= 11 is 6.81. The van der Waals surface area contributed by atoms with Crippen LogP contribution in [0.25, 0.3) is 0 Å². The van der Waals surface area contributed by atoms with Crippen molar-refractivity contribution in [2.24, 2.45) is 0 Å². The van der Waals surface area contributed by atoms with Crippen LogP contribution in [0.2, 0.25) is 5.02 Å². The summed E-state index contributed by atoms with van der Waals surface area (Å²) in [7, 11) is 0. The van der Waals surface area contributed by atoms with E-state index in [1.165, 1.54) is 13.0 Å². The van der Waals surface area contributed by atoms with E-state index in [0.29, 0.717) is 0 Å². The number of alkyl halides is 3. The van der Waals surface area contributed by atoms with Crippen LogP contribution in [0.1, 0.15) is 12.5 Å². The maximum absolute atomic E-state index is 12.8. The number of nitrogens with one attached hydrogen (secondary N) is 1. The molecule has 1 amide bonds. The molecule has 0 aliphatic heterocycles. The van der Waals surface area contributed by atoms with Gasteiger partial charge in [-0.15, -0.1) is 0 Å². The number of benzene rings is 1. The van der Waals surface area contributed by atoms with E-state index >= 15 is 0 Å². The van der Waals surface area contributed by atoms with Crippen molar-refractivity contribution in [3.05, 3.63) is 34.9 Å². The molecule has 1 atom stereocenters. The molecule has 1 aromatic carbocycles. The molecule has 0 aliphatic carbocycles. The summed E-state index contributed by atoms with van der Waals surface area (Å²) in [6.07, 6.45) is -4.54. The highest BCUT2D eigenvalue weighted by Crippen LogP contribution is 2.34. The topological polar surface area (TPSA) is 107 Å². The zero-order valence-electron chi connectivity index (χ0n) is 12.8. The maximum atomic E-state index is 12.8. The van der Waals surface area contributed by atoms with Crippen LogP contribution >= 0.6 is 23.4 Å². The largest absolute Gasteiger partial charge is 0.416 e. The number of hydrogen-bond donors (Lipinski definition) is 3. The molecule has 2 aromatic rings. The number of aromatic nitrogens is 2. The monoisotopic (exact) mass is 391 g/mol. The average molecular weight is 392 g/mol. The van der Waals surface area contributed by atoms with E-state index in [1.807, 2.05) is 0 Å². The Morgan fingerprint density at radius 2 is 1.84 bits per heavy atom. The normalized spacial score (nSPS) is 12.7. The minimum Gasteiger partial charge on any atom is -0.383 e. The summed E-state index contributed by atoms with van der Waals surface area (Å²) in [5, 5.41) is 1.80. The van der Waals surface area contributed by atoms with Crippen LogP contribution in [0.3, 0.4) is 0 Å². The molecule has 0 bridgehead atoms. The van der Waals surface area contributed by atoms with Crippen LogP contribution in [0, 0.1) is 0 Å². The molecular weight excluding hydrogens is 379 g/mol. The zero-order chi connectivity index (χ0) is 18.8. The van der Waals surface area contributed by atoms with E-state index in [1.54, 1.807) is 0 Å². The summed E-state index contributed by atoms with van der Waals surface area (Å²) in [4.78, 5) is 20.1. The van der Waals surface area contributed by atoms with Gasteiger partial charge in [0.25, 0.3) is 0 Å². The van der Waals surface area contributed by atoms with Gasteiger partial charge in [0.1, 0.15) is 11.6 Å². The second-order valence-corrected chi connectivity index (χ2v) is 6.66. The zero-order valence-corrected chi connectivity index (χ0v) is 14.3. The summed E-state index contributed by atoms with van der Waals surface area (Å²) in [6, 6.07) is 4.03. The van der Waals surface area contributed by atoms with Gasteiger partial charge in [-0.1, -0.05) is 23.4 Å². The molecule has 11 heteroatoms. The van der Waals surface area contributed by atoms with Gasteiger partial charge in [-0.3, -0.25) is 4.79 Å². The van der Waals surface area contributed by atoms with E-state index in [-0.39, 0.29) is 27.5 Å². The van der Waals surface area contributed by atoms with Gasteiger partial charge < -0.3 is 16.8 Å². The van der Waals surface area contributed by atoms with Crippen LogP contribution in [-0.2, 0) is 11.0 Å². The van der Waals surface area contributed by atoms with Gasteiger partial charge in [-0.2, -0.15) is 13.2 Å². The highest BCUT2D eigenvalue weighted by Gasteiger charge is 2.31. The summed E-state index contributed by atoms with van der Waals surface area (Å²) in [5.74, 6) is -0.289. The summed E-state index contributed by atoms with van der Waals surface area (Å²) in [6.45, 7) is 1.53. The smallest absolute Gasteiger partial charge is 0.383 e. The quantitative estimate of drug-likeness (QED) is 0.544. The Morgan fingerprint density at radius 3 is 2.40 bits per heavy atom. The Bertz CT molecular complexity index is 782. The van der Waals surface area contributed by atoms with Crippen molar-refractivity contribution in [1.29, 1.82) is 0 Å². The van der Waals surface area contributed by atoms with E-state index < -0.39 is 22.9 Å². The molecule has 0 saturated heterocycles. The second-order valence-electron chi connectivity index (χ2n) is 4.94. The Balaban J connectivity index is 2.13. The maximum Gasteiger partial charge on any atom is 0.416 e. The minimum absolute atomic E-state index is 0.0111.